The van der Waals surface area contributed by atoms with Gasteiger partial charge < -0.3 is 5.73 Å². The minimum absolute atomic E-state index is 0.0291. The minimum Gasteiger partial charge on any atom is -0.382 e. The summed E-state index contributed by atoms with van der Waals surface area (Å²) in [5.74, 6) is 0.974. The summed E-state index contributed by atoms with van der Waals surface area (Å²) >= 11 is 1.87. The first kappa shape index (κ1) is 11.0. The van der Waals surface area contributed by atoms with Crippen LogP contribution in [0.25, 0.3) is 0 Å². The molecule has 0 atom stereocenters. The molecule has 0 radical (unpaired) electrons. The van der Waals surface area contributed by atoms with Crippen LogP contribution in [0, 0.1) is 5.41 Å². The van der Waals surface area contributed by atoms with Crippen LogP contribution in [-0.2, 0) is 5.75 Å². The van der Waals surface area contributed by atoms with Gasteiger partial charge in [-0.25, -0.2) is 0 Å². The van der Waals surface area contributed by atoms with E-state index in [1.165, 1.54) is 5.56 Å². The lowest BCUT2D eigenvalue weighted by Crippen LogP contribution is -2.13. The molecule has 0 aliphatic rings. The number of nitrogens with two attached hydrogens (primary N) is 1. The number of nitrogen functional groups attached to an aromatic ring is 1. The number of rotatable bonds is 4. The van der Waals surface area contributed by atoms with Crippen molar-refractivity contribution in [2.75, 3.05) is 0 Å². The van der Waals surface area contributed by atoms with E-state index < -0.39 is 0 Å². The van der Waals surface area contributed by atoms with Crippen molar-refractivity contribution in [1.82, 2.24) is 4.98 Å². The maximum Gasteiger partial charge on any atom is 0.141 e. The van der Waals surface area contributed by atoms with Crippen LogP contribution >= 0.6 is 11.8 Å². The van der Waals surface area contributed by atoms with E-state index in [0.29, 0.717) is 10.9 Å². The van der Waals surface area contributed by atoms with Crippen LogP contribution in [0.5, 0.6) is 0 Å². The molecule has 1 aromatic rings. The molecular weight excluding hydrogens is 194 g/mol. The average Bonchev–Trinajstić information content (AvgIpc) is 2.15. The van der Waals surface area contributed by atoms with Crippen molar-refractivity contribution < 1.29 is 0 Å². The van der Waals surface area contributed by atoms with E-state index in [9.17, 15) is 0 Å². The first-order valence-corrected chi connectivity index (χ1v) is 5.55. The Kier molecular flexibility index (Phi) is 3.95. The van der Waals surface area contributed by atoms with Gasteiger partial charge in [0.2, 0.25) is 0 Å². The molecule has 1 aromatic heterocycles. The zero-order chi connectivity index (χ0) is 10.6. The molecule has 0 aliphatic carbocycles. The molecule has 0 unspecified atom stereocenters. The molecule has 0 saturated heterocycles. The summed E-state index contributed by atoms with van der Waals surface area (Å²) in [4.78, 5) is 4.01. The van der Waals surface area contributed by atoms with Crippen LogP contribution in [-0.4, -0.2) is 16.1 Å². The zero-order valence-electron chi connectivity index (χ0n) is 8.45. The maximum atomic E-state index is 7.26. The molecule has 4 heteroatoms. The van der Waals surface area contributed by atoms with Gasteiger partial charge in [-0.1, -0.05) is 13.8 Å². The van der Waals surface area contributed by atoms with Crippen molar-refractivity contribution >= 4 is 17.6 Å². The van der Waals surface area contributed by atoms with Crippen molar-refractivity contribution in [3.05, 3.63) is 29.6 Å². The second kappa shape index (κ2) is 5.00. The van der Waals surface area contributed by atoms with Crippen molar-refractivity contribution in [3.63, 3.8) is 0 Å². The monoisotopic (exact) mass is 209 g/mol. The largest absolute Gasteiger partial charge is 0.382 e. The average molecular weight is 209 g/mol. The van der Waals surface area contributed by atoms with Gasteiger partial charge >= 0.3 is 0 Å². The third-order valence-corrected chi connectivity index (χ3v) is 2.85. The van der Waals surface area contributed by atoms with Crippen molar-refractivity contribution in [3.8, 4) is 0 Å². The fourth-order valence-corrected chi connectivity index (χ4v) is 1.68. The molecule has 0 spiro atoms. The Balaban J connectivity index is 2.69. The Morgan fingerprint density at radius 3 is 2.93 bits per heavy atom. The molecular formula is C10H15N3S. The van der Waals surface area contributed by atoms with Crippen molar-refractivity contribution in [2.45, 2.75) is 24.9 Å². The van der Waals surface area contributed by atoms with Gasteiger partial charge in [0.1, 0.15) is 11.5 Å². The van der Waals surface area contributed by atoms with Crippen LogP contribution in [0.4, 0.5) is 0 Å². The zero-order valence-corrected chi connectivity index (χ0v) is 9.27. The standard InChI is InChI=1S/C10H15N3S/c1-7(2)14-6-8-3-4-13-9(5-8)10(11)12/h3-5,7H,6H2,1-2H3,(H3,11,12). The highest BCUT2D eigenvalue weighted by Gasteiger charge is 2.01. The minimum atomic E-state index is 0.0291. The summed E-state index contributed by atoms with van der Waals surface area (Å²) in [6.45, 7) is 4.33. The van der Waals surface area contributed by atoms with Crippen LogP contribution in [0.2, 0.25) is 0 Å². The number of hydrogen-bond donors (Lipinski definition) is 2. The highest BCUT2D eigenvalue weighted by molar-refractivity contribution is 7.99. The lowest BCUT2D eigenvalue weighted by Gasteiger charge is -2.05. The summed E-state index contributed by atoms with van der Waals surface area (Å²) in [5, 5.41) is 7.87. The molecule has 0 saturated carbocycles. The highest BCUT2D eigenvalue weighted by atomic mass is 32.2. The van der Waals surface area contributed by atoms with E-state index in [1.54, 1.807) is 6.20 Å². The third-order valence-electron chi connectivity index (χ3n) is 1.68. The fourth-order valence-electron chi connectivity index (χ4n) is 0.974. The molecule has 0 aromatic carbocycles. The van der Waals surface area contributed by atoms with E-state index in [1.807, 2.05) is 23.9 Å². The normalized spacial score (nSPS) is 10.5. The quantitative estimate of drug-likeness (QED) is 0.589. The Labute approximate surface area is 88.6 Å². The molecule has 1 rings (SSSR count). The van der Waals surface area contributed by atoms with Crippen LogP contribution in [0.1, 0.15) is 25.1 Å². The topological polar surface area (TPSA) is 62.8 Å². The lowest BCUT2D eigenvalue weighted by atomic mass is 10.2. The van der Waals surface area contributed by atoms with E-state index in [-0.39, 0.29) is 5.84 Å². The van der Waals surface area contributed by atoms with Gasteiger partial charge in [0.25, 0.3) is 0 Å². The summed E-state index contributed by atoms with van der Waals surface area (Å²) in [6.07, 6.45) is 1.70. The molecule has 76 valence electrons. The molecule has 0 amide bonds. The van der Waals surface area contributed by atoms with Gasteiger partial charge in [-0.15, -0.1) is 0 Å². The van der Waals surface area contributed by atoms with Gasteiger partial charge in [0.15, 0.2) is 0 Å². The van der Waals surface area contributed by atoms with E-state index >= 15 is 0 Å². The Morgan fingerprint density at radius 2 is 2.36 bits per heavy atom. The molecule has 0 fully saturated rings. The van der Waals surface area contributed by atoms with Gasteiger partial charge in [0.05, 0.1) is 0 Å². The smallest absolute Gasteiger partial charge is 0.141 e. The summed E-state index contributed by atoms with van der Waals surface area (Å²) in [7, 11) is 0. The van der Waals surface area contributed by atoms with Gasteiger partial charge in [-0.05, 0) is 22.9 Å². The number of amidine groups is 1. The fraction of sp³-hybridized carbons (Fsp3) is 0.400. The number of nitrogens with zero attached hydrogens (tertiary/aromatic N) is 1. The summed E-state index contributed by atoms with van der Waals surface area (Å²) < 4.78 is 0. The number of pyridine rings is 1. The van der Waals surface area contributed by atoms with Gasteiger partial charge in [0, 0.05) is 11.9 Å². The van der Waals surface area contributed by atoms with Crippen LogP contribution < -0.4 is 5.73 Å². The predicted molar refractivity (Wildman–Crippen MR) is 61.7 cm³/mol. The van der Waals surface area contributed by atoms with Gasteiger partial charge in [-0.2, -0.15) is 11.8 Å². The first-order valence-electron chi connectivity index (χ1n) is 4.50. The third kappa shape index (κ3) is 3.38. The lowest BCUT2D eigenvalue weighted by molar-refractivity contribution is 1.11. The van der Waals surface area contributed by atoms with Crippen molar-refractivity contribution in [1.29, 1.82) is 5.41 Å². The number of thioether (sulfide) groups is 1. The van der Waals surface area contributed by atoms with Gasteiger partial charge in [-0.3, -0.25) is 10.4 Å². The van der Waals surface area contributed by atoms with E-state index in [4.69, 9.17) is 11.1 Å². The maximum absolute atomic E-state index is 7.26. The Bertz CT molecular complexity index is 323. The molecule has 0 bridgehead atoms. The van der Waals surface area contributed by atoms with E-state index in [2.05, 4.69) is 18.8 Å². The van der Waals surface area contributed by atoms with Crippen molar-refractivity contribution in [2.24, 2.45) is 5.73 Å². The molecule has 3 nitrogen and oxygen atoms in total. The second-order valence-electron chi connectivity index (χ2n) is 3.32. The SMILES string of the molecule is CC(C)SCc1ccnc(C(=N)N)c1. The number of nitrogens with one attached hydrogen (secondary N) is 1. The second-order valence-corrected chi connectivity index (χ2v) is 4.89. The summed E-state index contributed by atoms with van der Waals surface area (Å²) in [5.41, 5.74) is 7.08. The molecule has 3 N–H and O–H groups in total. The van der Waals surface area contributed by atoms with Crippen LogP contribution in [0.3, 0.4) is 0 Å². The molecule has 14 heavy (non-hydrogen) atoms. The first-order chi connectivity index (χ1) is 6.59. The Morgan fingerprint density at radius 1 is 1.64 bits per heavy atom. The molecule has 0 aliphatic heterocycles. The highest BCUT2D eigenvalue weighted by Crippen LogP contribution is 2.16. The van der Waals surface area contributed by atoms with E-state index in [0.717, 1.165) is 5.75 Å². The number of hydrogen-bond acceptors (Lipinski definition) is 3. The molecule has 1 heterocycles. The Hall–Kier alpha value is -1.03. The predicted octanol–water partition coefficient (Wildman–Crippen LogP) is 2.01. The number of aromatic nitrogens is 1. The van der Waals surface area contributed by atoms with Crippen LogP contribution in [0.15, 0.2) is 18.3 Å². The summed E-state index contributed by atoms with van der Waals surface area (Å²) in [6, 6.07) is 3.83.